The van der Waals surface area contributed by atoms with Crippen LogP contribution >= 0.6 is 0 Å². The molecular weight excluding hydrogens is 208 g/mol. The maximum absolute atomic E-state index is 10.9. The predicted octanol–water partition coefficient (Wildman–Crippen LogP) is 4.49. The lowest BCUT2D eigenvalue weighted by Gasteiger charge is -2.04. The molecule has 1 heteroatoms. The molecule has 0 aliphatic carbocycles. The van der Waals surface area contributed by atoms with E-state index in [-0.39, 0.29) is 5.92 Å². The van der Waals surface area contributed by atoms with E-state index >= 15 is 0 Å². The number of carbonyl (C=O) groups is 1. The molecule has 1 atom stereocenters. The van der Waals surface area contributed by atoms with Gasteiger partial charge in [0.05, 0.1) is 0 Å². The van der Waals surface area contributed by atoms with Crippen molar-refractivity contribution in [1.29, 1.82) is 0 Å². The van der Waals surface area contributed by atoms with Crippen molar-refractivity contribution >= 4 is 12.4 Å². The minimum atomic E-state index is 0.0760. The van der Waals surface area contributed by atoms with Gasteiger partial charge in [0.15, 0.2) is 0 Å². The minimum Gasteiger partial charge on any atom is -0.303 e. The zero-order chi connectivity index (χ0) is 12.3. The van der Waals surface area contributed by atoms with Crippen LogP contribution in [0.4, 0.5) is 0 Å². The third kappa shape index (κ3) is 6.06. The lowest BCUT2D eigenvalue weighted by atomic mass is 10.0. The van der Waals surface area contributed by atoms with Gasteiger partial charge in [0.25, 0.3) is 0 Å². The number of hydrogen-bond donors (Lipinski definition) is 0. The van der Waals surface area contributed by atoms with Crippen molar-refractivity contribution in [2.24, 2.45) is 5.92 Å². The summed E-state index contributed by atoms with van der Waals surface area (Å²) >= 11 is 0. The Morgan fingerprint density at radius 3 is 2.53 bits per heavy atom. The molecule has 92 valence electrons. The summed E-state index contributed by atoms with van der Waals surface area (Å²) in [5, 5.41) is 0. The molecular formula is C16H22O. The second-order valence-electron chi connectivity index (χ2n) is 4.42. The minimum absolute atomic E-state index is 0.0760. The number of aldehydes is 1. The summed E-state index contributed by atoms with van der Waals surface area (Å²) < 4.78 is 0. The number of hydrogen-bond acceptors (Lipinski definition) is 1. The first-order valence-corrected chi connectivity index (χ1v) is 6.55. The van der Waals surface area contributed by atoms with Gasteiger partial charge >= 0.3 is 0 Å². The molecule has 0 saturated carbocycles. The zero-order valence-corrected chi connectivity index (χ0v) is 10.6. The topological polar surface area (TPSA) is 17.1 Å². The molecule has 1 nitrogen and oxygen atoms in total. The average Bonchev–Trinajstić information content (AvgIpc) is 2.39. The molecule has 0 saturated heterocycles. The predicted molar refractivity (Wildman–Crippen MR) is 73.8 cm³/mol. The highest BCUT2D eigenvalue weighted by molar-refractivity contribution is 5.61. The standard InChI is InChI=1S/C16H22O/c1-2-3-4-6-11-16(14-17)13-12-15-9-7-5-8-10-15/h5,7-10,12-14,16H,2-4,6,11H2,1H3/b13-12+/t16-/m0/s1. The fourth-order valence-electron chi connectivity index (χ4n) is 1.82. The van der Waals surface area contributed by atoms with Crippen molar-refractivity contribution in [1.82, 2.24) is 0 Å². The van der Waals surface area contributed by atoms with Gasteiger partial charge in [0.2, 0.25) is 0 Å². The third-order valence-corrected chi connectivity index (χ3v) is 2.90. The van der Waals surface area contributed by atoms with Crippen LogP contribution in [0.25, 0.3) is 6.08 Å². The smallest absolute Gasteiger partial charge is 0.126 e. The van der Waals surface area contributed by atoms with E-state index < -0.39 is 0 Å². The van der Waals surface area contributed by atoms with Gasteiger partial charge in [0.1, 0.15) is 6.29 Å². The fourth-order valence-corrected chi connectivity index (χ4v) is 1.82. The number of carbonyl (C=O) groups excluding carboxylic acids is 1. The molecule has 0 amide bonds. The highest BCUT2D eigenvalue weighted by atomic mass is 16.1. The van der Waals surface area contributed by atoms with Gasteiger partial charge in [-0.25, -0.2) is 0 Å². The van der Waals surface area contributed by atoms with Crippen LogP contribution in [0.5, 0.6) is 0 Å². The van der Waals surface area contributed by atoms with E-state index in [1.165, 1.54) is 19.3 Å². The van der Waals surface area contributed by atoms with Crippen LogP contribution in [0, 0.1) is 5.92 Å². The Hall–Kier alpha value is -1.37. The van der Waals surface area contributed by atoms with Crippen LogP contribution in [0.1, 0.15) is 44.6 Å². The molecule has 0 aromatic heterocycles. The highest BCUT2D eigenvalue weighted by Gasteiger charge is 2.01. The van der Waals surface area contributed by atoms with Gasteiger partial charge in [-0.05, 0) is 12.0 Å². The zero-order valence-electron chi connectivity index (χ0n) is 10.6. The molecule has 0 bridgehead atoms. The maximum atomic E-state index is 10.9. The number of unbranched alkanes of at least 4 members (excludes halogenated alkanes) is 3. The Labute approximate surface area is 105 Å². The van der Waals surface area contributed by atoms with E-state index in [2.05, 4.69) is 19.1 Å². The van der Waals surface area contributed by atoms with Crippen molar-refractivity contribution in [2.45, 2.75) is 39.0 Å². The Morgan fingerprint density at radius 2 is 1.88 bits per heavy atom. The molecule has 1 rings (SSSR count). The van der Waals surface area contributed by atoms with Gasteiger partial charge in [-0.1, -0.05) is 75.1 Å². The van der Waals surface area contributed by atoms with Gasteiger partial charge < -0.3 is 4.79 Å². The average molecular weight is 230 g/mol. The monoisotopic (exact) mass is 230 g/mol. The molecule has 1 aromatic carbocycles. The molecule has 0 heterocycles. The number of rotatable bonds is 8. The fraction of sp³-hybridized carbons (Fsp3) is 0.438. The lowest BCUT2D eigenvalue weighted by molar-refractivity contribution is -0.110. The van der Waals surface area contributed by atoms with Crippen molar-refractivity contribution in [3.63, 3.8) is 0 Å². The molecule has 0 fully saturated rings. The van der Waals surface area contributed by atoms with Gasteiger partial charge in [-0.15, -0.1) is 0 Å². The molecule has 0 aliphatic heterocycles. The highest BCUT2D eigenvalue weighted by Crippen LogP contribution is 2.12. The first-order chi connectivity index (χ1) is 8.36. The third-order valence-electron chi connectivity index (χ3n) is 2.90. The Kier molecular flexibility index (Phi) is 7.04. The van der Waals surface area contributed by atoms with Crippen LogP contribution < -0.4 is 0 Å². The first kappa shape index (κ1) is 13.7. The van der Waals surface area contributed by atoms with Crippen molar-refractivity contribution < 1.29 is 4.79 Å². The van der Waals surface area contributed by atoms with E-state index in [4.69, 9.17) is 0 Å². The number of benzene rings is 1. The molecule has 0 N–H and O–H groups in total. The lowest BCUT2D eigenvalue weighted by Crippen LogP contribution is -1.97. The second-order valence-corrected chi connectivity index (χ2v) is 4.42. The van der Waals surface area contributed by atoms with Gasteiger partial charge in [-0.3, -0.25) is 0 Å². The Morgan fingerprint density at radius 1 is 1.12 bits per heavy atom. The van der Waals surface area contributed by atoms with Crippen LogP contribution in [0.2, 0.25) is 0 Å². The maximum Gasteiger partial charge on any atom is 0.126 e. The summed E-state index contributed by atoms with van der Waals surface area (Å²) in [6.07, 6.45) is 11.0. The van der Waals surface area contributed by atoms with Gasteiger partial charge in [-0.2, -0.15) is 0 Å². The van der Waals surface area contributed by atoms with Crippen molar-refractivity contribution in [2.75, 3.05) is 0 Å². The molecule has 0 aliphatic rings. The molecule has 0 spiro atoms. The Bertz CT molecular complexity index is 327. The first-order valence-electron chi connectivity index (χ1n) is 6.55. The SMILES string of the molecule is CCCCCC[C@H](C=O)/C=C/c1ccccc1. The normalized spacial score (nSPS) is 12.8. The largest absolute Gasteiger partial charge is 0.303 e. The molecule has 17 heavy (non-hydrogen) atoms. The van der Waals surface area contributed by atoms with E-state index in [1.54, 1.807) is 0 Å². The van der Waals surface area contributed by atoms with Crippen molar-refractivity contribution in [3.8, 4) is 0 Å². The summed E-state index contributed by atoms with van der Waals surface area (Å²) in [6, 6.07) is 10.1. The van der Waals surface area contributed by atoms with Crippen LogP contribution in [-0.2, 0) is 4.79 Å². The van der Waals surface area contributed by atoms with Crippen LogP contribution in [-0.4, -0.2) is 6.29 Å². The summed E-state index contributed by atoms with van der Waals surface area (Å²) in [4.78, 5) is 10.9. The summed E-state index contributed by atoms with van der Waals surface area (Å²) in [6.45, 7) is 2.20. The molecule has 1 aromatic rings. The Balaban J connectivity index is 2.36. The second kappa shape index (κ2) is 8.74. The van der Waals surface area contributed by atoms with E-state index in [9.17, 15) is 4.79 Å². The van der Waals surface area contributed by atoms with Gasteiger partial charge in [0, 0.05) is 5.92 Å². The number of allylic oxidation sites excluding steroid dienone is 1. The molecule has 0 radical (unpaired) electrons. The summed E-state index contributed by atoms with van der Waals surface area (Å²) in [5.74, 6) is 0.0760. The molecule has 0 unspecified atom stereocenters. The summed E-state index contributed by atoms with van der Waals surface area (Å²) in [7, 11) is 0. The van der Waals surface area contributed by atoms with E-state index in [0.717, 1.165) is 24.7 Å². The quantitative estimate of drug-likeness (QED) is 0.475. The van der Waals surface area contributed by atoms with E-state index in [1.807, 2.05) is 30.4 Å². The van der Waals surface area contributed by atoms with Crippen molar-refractivity contribution in [3.05, 3.63) is 42.0 Å². The van der Waals surface area contributed by atoms with Crippen LogP contribution in [0.3, 0.4) is 0 Å². The summed E-state index contributed by atoms with van der Waals surface area (Å²) in [5.41, 5.74) is 1.16. The van der Waals surface area contributed by atoms with E-state index in [0.29, 0.717) is 0 Å². The van der Waals surface area contributed by atoms with Crippen LogP contribution in [0.15, 0.2) is 36.4 Å².